The molecule has 0 amide bonds. The van der Waals surface area contributed by atoms with E-state index in [-0.39, 0.29) is 5.56 Å². The first-order valence-corrected chi connectivity index (χ1v) is 7.65. The van der Waals surface area contributed by atoms with Gasteiger partial charge in [-0.2, -0.15) is 0 Å². The second-order valence-electron chi connectivity index (χ2n) is 5.17. The number of benzene rings is 1. The minimum atomic E-state index is -0.125. The van der Waals surface area contributed by atoms with Gasteiger partial charge in [-0.1, -0.05) is 37.6 Å². The summed E-state index contributed by atoms with van der Waals surface area (Å²) < 4.78 is 0.533. The molecule has 106 valence electrons. The second-order valence-corrected chi connectivity index (χ2v) is 6.40. The van der Waals surface area contributed by atoms with Gasteiger partial charge in [-0.25, -0.2) is 4.98 Å². The number of halogens is 2. The van der Waals surface area contributed by atoms with Gasteiger partial charge in [-0.05, 0) is 46.0 Å². The quantitative estimate of drug-likeness (QED) is 0.902. The minimum Gasteiger partial charge on any atom is -0.309 e. The van der Waals surface area contributed by atoms with Crippen molar-refractivity contribution in [1.82, 2.24) is 9.97 Å². The Kier molecular flexibility index (Phi) is 5.00. The third-order valence-corrected chi connectivity index (χ3v) is 3.94. The van der Waals surface area contributed by atoms with E-state index in [0.29, 0.717) is 27.7 Å². The second kappa shape index (κ2) is 6.55. The smallest absolute Gasteiger partial charge is 0.265 e. The van der Waals surface area contributed by atoms with Crippen LogP contribution in [0.2, 0.25) is 5.02 Å². The molecule has 0 saturated carbocycles. The van der Waals surface area contributed by atoms with Crippen LogP contribution < -0.4 is 5.56 Å². The molecule has 0 spiro atoms. The fourth-order valence-corrected chi connectivity index (χ4v) is 2.43. The van der Waals surface area contributed by atoms with Crippen molar-refractivity contribution in [1.29, 1.82) is 0 Å². The highest BCUT2D eigenvalue weighted by molar-refractivity contribution is 9.10. The number of nitrogens with zero attached hydrogens (tertiary/aromatic N) is 1. The molecule has 2 rings (SSSR count). The maximum atomic E-state index is 11.9. The monoisotopic (exact) mass is 354 g/mol. The van der Waals surface area contributed by atoms with Crippen LogP contribution in [0.4, 0.5) is 0 Å². The Bertz CT molecular complexity index is 650. The Hall–Kier alpha value is -1.13. The molecule has 5 heteroatoms. The lowest BCUT2D eigenvalue weighted by molar-refractivity contribution is 0.627. The molecular weight excluding hydrogens is 340 g/mol. The van der Waals surface area contributed by atoms with Crippen LogP contribution in [0, 0.1) is 5.92 Å². The van der Waals surface area contributed by atoms with E-state index in [0.717, 1.165) is 17.7 Å². The molecule has 0 unspecified atom stereocenters. The summed E-state index contributed by atoms with van der Waals surface area (Å²) in [6, 6.07) is 7.55. The van der Waals surface area contributed by atoms with Crippen LogP contribution in [-0.2, 0) is 12.8 Å². The van der Waals surface area contributed by atoms with E-state index in [9.17, 15) is 4.79 Å². The van der Waals surface area contributed by atoms with Crippen LogP contribution in [-0.4, -0.2) is 9.97 Å². The Balaban J connectivity index is 2.30. The summed E-state index contributed by atoms with van der Waals surface area (Å²) in [6.45, 7) is 4.21. The van der Waals surface area contributed by atoms with Crippen LogP contribution in [0.5, 0.6) is 0 Å². The Morgan fingerprint density at radius 3 is 2.55 bits per heavy atom. The molecule has 0 radical (unpaired) electrons. The van der Waals surface area contributed by atoms with Gasteiger partial charge in [0.1, 0.15) is 10.3 Å². The van der Waals surface area contributed by atoms with E-state index in [1.54, 1.807) is 0 Å². The molecule has 0 fully saturated rings. The third kappa shape index (κ3) is 3.93. The Labute approximate surface area is 131 Å². The van der Waals surface area contributed by atoms with Gasteiger partial charge in [-0.15, -0.1) is 0 Å². The number of aromatic amines is 1. The topological polar surface area (TPSA) is 45.8 Å². The van der Waals surface area contributed by atoms with Crippen molar-refractivity contribution < 1.29 is 0 Å². The fourth-order valence-electron chi connectivity index (χ4n) is 1.96. The molecule has 0 atom stereocenters. The van der Waals surface area contributed by atoms with Gasteiger partial charge in [-0.3, -0.25) is 4.79 Å². The van der Waals surface area contributed by atoms with Crippen LogP contribution in [0.3, 0.4) is 0 Å². The van der Waals surface area contributed by atoms with Gasteiger partial charge in [0.25, 0.3) is 5.56 Å². The predicted molar refractivity (Wildman–Crippen MR) is 85.4 cm³/mol. The fraction of sp³-hybridized carbons (Fsp3) is 0.333. The van der Waals surface area contributed by atoms with Crippen molar-refractivity contribution in [3.8, 4) is 0 Å². The largest absolute Gasteiger partial charge is 0.309 e. The lowest BCUT2D eigenvalue weighted by Gasteiger charge is -2.09. The summed E-state index contributed by atoms with van der Waals surface area (Å²) in [5, 5.41) is 0.700. The lowest BCUT2D eigenvalue weighted by atomic mass is 10.1. The van der Waals surface area contributed by atoms with E-state index in [1.807, 2.05) is 24.3 Å². The summed E-state index contributed by atoms with van der Waals surface area (Å²) in [5.74, 6) is 1.13. The molecule has 1 N–H and O–H groups in total. The summed E-state index contributed by atoms with van der Waals surface area (Å²) in [5.41, 5.74) is 1.75. The molecule has 0 aliphatic carbocycles. The van der Waals surface area contributed by atoms with E-state index in [4.69, 9.17) is 11.6 Å². The van der Waals surface area contributed by atoms with E-state index in [2.05, 4.69) is 39.7 Å². The maximum absolute atomic E-state index is 11.9. The Morgan fingerprint density at radius 2 is 1.95 bits per heavy atom. The lowest BCUT2D eigenvalue weighted by Crippen LogP contribution is -2.17. The first-order valence-electron chi connectivity index (χ1n) is 6.47. The molecule has 0 aliphatic rings. The van der Waals surface area contributed by atoms with Gasteiger partial charge in [0.15, 0.2) is 0 Å². The minimum absolute atomic E-state index is 0.125. The number of H-pyrrole nitrogens is 1. The van der Waals surface area contributed by atoms with Crippen molar-refractivity contribution in [3.63, 3.8) is 0 Å². The predicted octanol–water partition coefficient (Wildman–Crippen LogP) is 3.98. The SMILES string of the molecule is CC(C)Cc1nc(Cc2ccc(Cl)cc2)[nH]c(=O)c1Br. The number of hydrogen-bond acceptors (Lipinski definition) is 2. The zero-order chi connectivity index (χ0) is 14.7. The molecule has 3 nitrogen and oxygen atoms in total. The van der Waals surface area contributed by atoms with Gasteiger partial charge in [0.05, 0.1) is 5.69 Å². The first-order chi connectivity index (χ1) is 9.45. The molecule has 0 saturated heterocycles. The van der Waals surface area contributed by atoms with Crippen molar-refractivity contribution in [2.24, 2.45) is 5.92 Å². The van der Waals surface area contributed by atoms with E-state index < -0.39 is 0 Å². The summed E-state index contributed by atoms with van der Waals surface area (Å²) >= 11 is 9.18. The maximum Gasteiger partial charge on any atom is 0.265 e. The first kappa shape index (κ1) is 15.3. The molecular formula is C15H16BrClN2O. The number of aromatic nitrogens is 2. The standard InChI is InChI=1S/C15H16BrClN2O/c1-9(2)7-12-14(16)15(20)19-13(18-12)8-10-3-5-11(17)6-4-10/h3-6,9H,7-8H2,1-2H3,(H,18,19,20). The molecule has 1 aromatic heterocycles. The zero-order valence-corrected chi connectivity index (χ0v) is 13.8. The number of rotatable bonds is 4. The van der Waals surface area contributed by atoms with Gasteiger partial charge in [0, 0.05) is 11.4 Å². The van der Waals surface area contributed by atoms with Crippen LogP contribution in [0.15, 0.2) is 33.5 Å². The average molecular weight is 356 g/mol. The van der Waals surface area contributed by atoms with Crippen molar-refractivity contribution >= 4 is 27.5 Å². The molecule has 2 aromatic rings. The van der Waals surface area contributed by atoms with Crippen molar-refractivity contribution in [3.05, 3.63) is 61.2 Å². The third-order valence-electron chi connectivity index (χ3n) is 2.87. The van der Waals surface area contributed by atoms with E-state index in [1.165, 1.54) is 0 Å². The highest BCUT2D eigenvalue weighted by Gasteiger charge is 2.11. The van der Waals surface area contributed by atoms with Crippen molar-refractivity contribution in [2.75, 3.05) is 0 Å². The normalized spacial score (nSPS) is 11.1. The molecule has 1 heterocycles. The van der Waals surface area contributed by atoms with Crippen molar-refractivity contribution in [2.45, 2.75) is 26.7 Å². The van der Waals surface area contributed by atoms with Gasteiger partial charge in [0.2, 0.25) is 0 Å². The zero-order valence-electron chi connectivity index (χ0n) is 11.4. The van der Waals surface area contributed by atoms with Gasteiger partial charge < -0.3 is 4.98 Å². The molecule has 20 heavy (non-hydrogen) atoms. The highest BCUT2D eigenvalue weighted by Crippen LogP contribution is 2.16. The average Bonchev–Trinajstić information content (AvgIpc) is 2.37. The summed E-state index contributed by atoms with van der Waals surface area (Å²) in [7, 11) is 0. The highest BCUT2D eigenvalue weighted by atomic mass is 79.9. The molecule has 0 aliphatic heterocycles. The van der Waals surface area contributed by atoms with Crippen LogP contribution >= 0.6 is 27.5 Å². The van der Waals surface area contributed by atoms with Crippen LogP contribution in [0.1, 0.15) is 30.9 Å². The number of hydrogen-bond donors (Lipinski definition) is 1. The van der Waals surface area contributed by atoms with Gasteiger partial charge >= 0.3 is 0 Å². The molecule has 1 aromatic carbocycles. The number of nitrogens with one attached hydrogen (secondary N) is 1. The Morgan fingerprint density at radius 1 is 1.30 bits per heavy atom. The van der Waals surface area contributed by atoms with E-state index >= 15 is 0 Å². The summed E-state index contributed by atoms with van der Waals surface area (Å²) in [4.78, 5) is 19.3. The molecule has 0 bridgehead atoms. The van der Waals surface area contributed by atoms with Crippen LogP contribution in [0.25, 0.3) is 0 Å². The summed E-state index contributed by atoms with van der Waals surface area (Å²) in [6.07, 6.45) is 1.36.